The first kappa shape index (κ1) is 19.2. The fourth-order valence-corrected chi connectivity index (χ4v) is 3.79. The number of likely N-dealkylation sites (N-methyl/N-ethyl adjacent to an activating group) is 1. The molecule has 1 aliphatic heterocycles. The summed E-state index contributed by atoms with van der Waals surface area (Å²) in [7, 11) is 3.91. The van der Waals surface area contributed by atoms with Crippen molar-refractivity contribution in [2.45, 2.75) is 13.0 Å². The van der Waals surface area contributed by atoms with Crippen molar-refractivity contribution in [1.29, 1.82) is 0 Å². The molecule has 0 bridgehead atoms. The molecule has 1 aromatic heterocycles. The van der Waals surface area contributed by atoms with Gasteiger partial charge in [0.1, 0.15) is 11.3 Å². The van der Waals surface area contributed by atoms with E-state index in [0.29, 0.717) is 42.0 Å². The zero-order valence-electron chi connectivity index (χ0n) is 16.8. The smallest absolute Gasteiger partial charge is 0.290 e. The third-order valence-corrected chi connectivity index (χ3v) is 5.15. The molecular formula is C23H24N2O4. The van der Waals surface area contributed by atoms with Gasteiger partial charge in [0.15, 0.2) is 5.43 Å². The van der Waals surface area contributed by atoms with E-state index in [1.54, 1.807) is 29.2 Å². The molecule has 1 amide bonds. The van der Waals surface area contributed by atoms with Crippen LogP contribution >= 0.6 is 0 Å². The Morgan fingerprint density at radius 3 is 2.66 bits per heavy atom. The zero-order chi connectivity index (χ0) is 20.5. The van der Waals surface area contributed by atoms with Crippen LogP contribution in [0.25, 0.3) is 11.0 Å². The summed E-state index contributed by atoms with van der Waals surface area (Å²) in [5.41, 5.74) is 1.51. The quantitative estimate of drug-likeness (QED) is 0.644. The lowest BCUT2D eigenvalue weighted by molar-refractivity contribution is 0.0716. The van der Waals surface area contributed by atoms with Gasteiger partial charge in [0.25, 0.3) is 5.91 Å². The van der Waals surface area contributed by atoms with E-state index in [4.69, 9.17) is 9.15 Å². The molecule has 0 unspecified atom stereocenters. The molecule has 2 heterocycles. The SMILES string of the molecule is CCOc1cccc([C@H]2c3c(oc4ccccc4c3=O)C(=O)N2CCN(C)C)c1. The first-order chi connectivity index (χ1) is 14.0. The van der Waals surface area contributed by atoms with Gasteiger partial charge in [-0.15, -0.1) is 0 Å². The van der Waals surface area contributed by atoms with Crippen LogP contribution in [0.1, 0.15) is 34.6 Å². The molecule has 6 heteroatoms. The maximum atomic E-state index is 13.4. The van der Waals surface area contributed by atoms with Crippen molar-refractivity contribution >= 4 is 16.9 Å². The largest absolute Gasteiger partial charge is 0.494 e. The number of para-hydroxylation sites is 1. The molecule has 0 saturated heterocycles. The number of rotatable bonds is 6. The average Bonchev–Trinajstić information content (AvgIpc) is 2.99. The van der Waals surface area contributed by atoms with Crippen molar-refractivity contribution in [1.82, 2.24) is 9.80 Å². The lowest BCUT2D eigenvalue weighted by Gasteiger charge is -2.26. The first-order valence-electron chi connectivity index (χ1n) is 9.75. The first-order valence-corrected chi connectivity index (χ1v) is 9.75. The molecule has 29 heavy (non-hydrogen) atoms. The number of hydrogen-bond acceptors (Lipinski definition) is 5. The second kappa shape index (κ2) is 7.72. The van der Waals surface area contributed by atoms with Crippen LogP contribution in [0, 0.1) is 0 Å². The lowest BCUT2D eigenvalue weighted by atomic mass is 9.98. The van der Waals surface area contributed by atoms with E-state index in [0.717, 1.165) is 5.56 Å². The topological polar surface area (TPSA) is 63.0 Å². The molecular weight excluding hydrogens is 368 g/mol. The van der Waals surface area contributed by atoms with Crippen LogP contribution in [0.3, 0.4) is 0 Å². The standard InChI is InChI=1S/C23H24N2O4/c1-4-28-16-9-7-8-15(14-16)20-19-21(26)17-10-5-6-11-18(17)29-22(19)23(27)25(20)13-12-24(2)3/h5-11,14,20H,4,12-13H2,1-3H3/t20-/m0/s1. The number of nitrogens with zero attached hydrogens (tertiary/aromatic N) is 2. The van der Waals surface area contributed by atoms with E-state index in [9.17, 15) is 9.59 Å². The highest BCUT2D eigenvalue weighted by Crippen LogP contribution is 2.38. The summed E-state index contributed by atoms with van der Waals surface area (Å²) >= 11 is 0. The maximum Gasteiger partial charge on any atom is 0.290 e. The van der Waals surface area contributed by atoms with Gasteiger partial charge in [0, 0.05) is 13.1 Å². The predicted octanol–water partition coefficient (Wildman–Crippen LogP) is 3.30. The number of carbonyl (C=O) groups excluding carboxylic acids is 1. The summed E-state index contributed by atoms with van der Waals surface area (Å²) in [6.07, 6.45) is 0. The third-order valence-electron chi connectivity index (χ3n) is 5.15. The Balaban J connectivity index is 1.91. The Hall–Kier alpha value is -3.12. The van der Waals surface area contributed by atoms with Gasteiger partial charge in [-0.1, -0.05) is 24.3 Å². The second-order valence-corrected chi connectivity index (χ2v) is 7.38. The Morgan fingerprint density at radius 2 is 1.90 bits per heavy atom. The summed E-state index contributed by atoms with van der Waals surface area (Å²) in [5.74, 6) is 0.597. The molecule has 0 saturated carbocycles. The van der Waals surface area contributed by atoms with Crippen molar-refractivity contribution in [2.24, 2.45) is 0 Å². The molecule has 1 atom stereocenters. The van der Waals surface area contributed by atoms with Gasteiger partial charge in [-0.25, -0.2) is 0 Å². The molecule has 6 nitrogen and oxygen atoms in total. The van der Waals surface area contributed by atoms with Crippen LogP contribution < -0.4 is 10.2 Å². The van der Waals surface area contributed by atoms with Crippen LogP contribution in [0.2, 0.25) is 0 Å². The Labute approximate surface area is 169 Å². The van der Waals surface area contributed by atoms with Gasteiger partial charge in [0.2, 0.25) is 5.76 Å². The second-order valence-electron chi connectivity index (χ2n) is 7.38. The van der Waals surface area contributed by atoms with E-state index in [-0.39, 0.29) is 17.1 Å². The normalized spacial score (nSPS) is 15.9. The summed E-state index contributed by atoms with van der Waals surface area (Å²) in [5, 5.41) is 0.486. The van der Waals surface area contributed by atoms with Crippen LogP contribution in [0.15, 0.2) is 57.7 Å². The number of fused-ring (bicyclic) bond motifs is 2. The minimum Gasteiger partial charge on any atom is -0.494 e. The van der Waals surface area contributed by atoms with Crippen molar-refractivity contribution in [3.05, 3.63) is 75.6 Å². The van der Waals surface area contributed by atoms with Crippen LogP contribution in [-0.2, 0) is 0 Å². The molecule has 2 aromatic carbocycles. The minimum atomic E-state index is -0.501. The molecule has 150 valence electrons. The maximum absolute atomic E-state index is 13.4. The molecule has 1 aliphatic rings. The predicted molar refractivity (Wildman–Crippen MR) is 112 cm³/mol. The molecule has 0 radical (unpaired) electrons. The van der Waals surface area contributed by atoms with Gasteiger partial charge in [0.05, 0.1) is 23.6 Å². The number of ether oxygens (including phenoxy) is 1. The van der Waals surface area contributed by atoms with E-state index < -0.39 is 6.04 Å². The monoisotopic (exact) mass is 392 g/mol. The minimum absolute atomic E-state index is 0.138. The van der Waals surface area contributed by atoms with Crippen LogP contribution in [-0.4, -0.2) is 49.5 Å². The third kappa shape index (κ3) is 3.40. The molecule has 0 aliphatic carbocycles. The summed E-state index contributed by atoms with van der Waals surface area (Å²) in [4.78, 5) is 30.3. The number of benzene rings is 2. The van der Waals surface area contributed by atoms with E-state index in [2.05, 4.69) is 0 Å². The Morgan fingerprint density at radius 1 is 1.10 bits per heavy atom. The van der Waals surface area contributed by atoms with E-state index in [1.807, 2.05) is 50.2 Å². The van der Waals surface area contributed by atoms with Crippen molar-refractivity contribution in [2.75, 3.05) is 33.8 Å². The molecule has 0 spiro atoms. The van der Waals surface area contributed by atoms with Crippen molar-refractivity contribution in [3.63, 3.8) is 0 Å². The highest BCUT2D eigenvalue weighted by Gasteiger charge is 2.42. The van der Waals surface area contributed by atoms with Gasteiger partial charge in [-0.2, -0.15) is 0 Å². The number of hydrogen-bond donors (Lipinski definition) is 0. The summed E-state index contributed by atoms with van der Waals surface area (Å²) < 4.78 is 11.6. The van der Waals surface area contributed by atoms with E-state index >= 15 is 0 Å². The highest BCUT2D eigenvalue weighted by atomic mass is 16.5. The zero-order valence-corrected chi connectivity index (χ0v) is 16.8. The summed E-state index contributed by atoms with van der Waals surface area (Å²) in [6.45, 7) is 3.62. The fourth-order valence-electron chi connectivity index (χ4n) is 3.79. The van der Waals surface area contributed by atoms with E-state index in [1.165, 1.54) is 0 Å². The number of amides is 1. The van der Waals surface area contributed by atoms with Crippen LogP contribution in [0.5, 0.6) is 5.75 Å². The van der Waals surface area contributed by atoms with Gasteiger partial charge < -0.3 is 19.0 Å². The van der Waals surface area contributed by atoms with Crippen LogP contribution in [0.4, 0.5) is 0 Å². The highest BCUT2D eigenvalue weighted by molar-refractivity contribution is 5.99. The molecule has 3 aromatic rings. The van der Waals surface area contributed by atoms with Crippen molar-refractivity contribution < 1.29 is 13.9 Å². The average molecular weight is 392 g/mol. The Kier molecular flexibility index (Phi) is 5.11. The molecule has 4 rings (SSSR count). The van der Waals surface area contributed by atoms with Gasteiger partial charge >= 0.3 is 0 Å². The van der Waals surface area contributed by atoms with Gasteiger partial charge in [-0.05, 0) is 50.8 Å². The number of carbonyl (C=O) groups is 1. The van der Waals surface area contributed by atoms with Gasteiger partial charge in [-0.3, -0.25) is 9.59 Å². The lowest BCUT2D eigenvalue weighted by Crippen LogP contribution is -2.35. The summed E-state index contributed by atoms with van der Waals surface area (Å²) in [6, 6.07) is 14.1. The fraction of sp³-hybridized carbons (Fsp3) is 0.304. The van der Waals surface area contributed by atoms with Crippen molar-refractivity contribution in [3.8, 4) is 5.75 Å². The Bertz CT molecular complexity index is 1120. The molecule has 0 N–H and O–H groups in total. The molecule has 0 fully saturated rings.